The fourth-order valence-electron chi connectivity index (χ4n) is 3.74. The fraction of sp³-hybridized carbons (Fsp3) is 0.364. The number of hydrogen-bond donors (Lipinski definition) is 2. The highest BCUT2D eigenvalue weighted by Crippen LogP contribution is 2.45. The molecule has 0 aromatic heterocycles. The minimum Gasteiger partial charge on any atom is -0.491 e. The number of amides is 2. The number of hydrogen-bond acceptors (Lipinski definition) is 3. The lowest BCUT2D eigenvalue weighted by Gasteiger charge is -2.24. The average molecular weight is 364 g/mol. The first-order valence-corrected chi connectivity index (χ1v) is 9.34. The molecular weight excluding hydrogens is 340 g/mol. The van der Waals surface area contributed by atoms with Gasteiger partial charge in [-0.15, -0.1) is 0 Å². The van der Waals surface area contributed by atoms with E-state index in [0.717, 1.165) is 17.5 Å². The largest absolute Gasteiger partial charge is 0.491 e. The Bertz CT molecular complexity index is 909. The third-order valence-corrected chi connectivity index (χ3v) is 5.76. The van der Waals surface area contributed by atoms with E-state index in [4.69, 9.17) is 4.74 Å². The number of rotatable bonds is 4. The molecule has 1 fully saturated rings. The molecule has 1 unspecified atom stereocenters. The van der Waals surface area contributed by atoms with Gasteiger partial charge in [0.1, 0.15) is 12.4 Å². The van der Waals surface area contributed by atoms with Gasteiger partial charge in [0.25, 0.3) is 11.8 Å². The molecule has 2 aromatic rings. The quantitative estimate of drug-likeness (QED) is 0.877. The van der Waals surface area contributed by atoms with Crippen molar-refractivity contribution in [1.29, 1.82) is 0 Å². The van der Waals surface area contributed by atoms with Crippen molar-refractivity contribution in [1.82, 2.24) is 10.6 Å². The highest BCUT2D eigenvalue weighted by atomic mass is 16.5. The number of nitrogens with one attached hydrogen (secondary N) is 2. The van der Waals surface area contributed by atoms with Crippen LogP contribution in [0, 0.1) is 5.92 Å². The fourth-order valence-corrected chi connectivity index (χ4v) is 3.74. The summed E-state index contributed by atoms with van der Waals surface area (Å²) in [4.78, 5) is 25.2. The molecule has 0 bridgehead atoms. The molecule has 0 radical (unpaired) electrons. The number of carbonyl (C=O) groups is 2. The lowest BCUT2D eigenvalue weighted by molar-refractivity contribution is 0.0949. The first kappa shape index (κ1) is 17.6. The zero-order chi connectivity index (χ0) is 19.2. The number of carbonyl (C=O) groups excluding carboxylic acids is 2. The zero-order valence-electron chi connectivity index (χ0n) is 15.8. The molecule has 0 saturated heterocycles. The second-order valence-corrected chi connectivity index (χ2v) is 7.76. The van der Waals surface area contributed by atoms with Gasteiger partial charge in [-0.1, -0.05) is 37.3 Å². The van der Waals surface area contributed by atoms with Crippen LogP contribution in [0.15, 0.2) is 42.5 Å². The summed E-state index contributed by atoms with van der Waals surface area (Å²) >= 11 is 0. The van der Waals surface area contributed by atoms with Crippen molar-refractivity contribution in [2.75, 3.05) is 13.7 Å². The van der Waals surface area contributed by atoms with Crippen molar-refractivity contribution in [3.8, 4) is 5.75 Å². The third kappa shape index (κ3) is 2.97. The van der Waals surface area contributed by atoms with Crippen LogP contribution < -0.4 is 15.4 Å². The Balaban J connectivity index is 1.81. The predicted molar refractivity (Wildman–Crippen MR) is 103 cm³/mol. The van der Waals surface area contributed by atoms with Gasteiger partial charge in [0, 0.05) is 24.2 Å². The highest BCUT2D eigenvalue weighted by Gasteiger charge is 2.41. The number of benzene rings is 2. The first-order chi connectivity index (χ1) is 12.9. The van der Waals surface area contributed by atoms with Gasteiger partial charge in [0.15, 0.2) is 0 Å². The predicted octanol–water partition coefficient (Wildman–Crippen LogP) is 2.88. The van der Waals surface area contributed by atoms with Crippen LogP contribution in [-0.4, -0.2) is 31.5 Å². The van der Waals surface area contributed by atoms with Gasteiger partial charge in [0.05, 0.1) is 11.0 Å². The van der Waals surface area contributed by atoms with Crippen LogP contribution in [0.2, 0.25) is 0 Å². The Hall–Kier alpha value is -2.82. The number of ether oxygens (including phenoxy) is 1. The monoisotopic (exact) mass is 364 g/mol. The van der Waals surface area contributed by atoms with Crippen LogP contribution in [0.3, 0.4) is 0 Å². The maximum Gasteiger partial charge on any atom is 0.254 e. The Morgan fingerprint density at radius 3 is 2.48 bits per heavy atom. The summed E-state index contributed by atoms with van der Waals surface area (Å²) in [5.41, 5.74) is 2.47. The summed E-state index contributed by atoms with van der Waals surface area (Å²) in [5.74, 6) is 0.689. The van der Waals surface area contributed by atoms with Crippen molar-refractivity contribution in [3.63, 3.8) is 0 Å². The van der Waals surface area contributed by atoms with E-state index in [0.29, 0.717) is 29.4 Å². The molecule has 2 aromatic carbocycles. The van der Waals surface area contributed by atoms with E-state index in [1.54, 1.807) is 13.1 Å². The van der Waals surface area contributed by atoms with Crippen molar-refractivity contribution < 1.29 is 14.3 Å². The Morgan fingerprint density at radius 1 is 1.15 bits per heavy atom. The molecule has 1 aliphatic carbocycles. The lowest BCUT2D eigenvalue weighted by Crippen LogP contribution is -2.29. The summed E-state index contributed by atoms with van der Waals surface area (Å²) in [5, 5.41) is 5.70. The van der Waals surface area contributed by atoms with Crippen LogP contribution >= 0.6 is 0 Å². The maximum atomic E-state index is 12.8. The molecule has 0 spiro atoms. The van der Waals surface area contributed by atoms with E-state index >= 15 is 0 Å². The first-order valence-electron chi connectivity index (χ1n) is 9.34. The molecule has 5 heteroatoms. The number of fused-ring (bicyclic) bond motifs is 1. The molecule has 1 heterocycles. The SMILES string of the molecule is CNC(=O)c1cc(C(=O)N[C@H]2C[C@@H]2C)cc2c1OCC2(C)c1ccccc1. The lowest BCUT2D eigenvalue weighted by atomic mass is 9.77. The van der Waals surface area contributed by atoms with Gasteiger partial charge >= 0.3 is 0 Å². The van der Waals surface area contributed by atoms with Crippen LogP contribution in [0.25, 0.3) is 0 Å². The minimum absolute atomic E-state index is 0.139. The third-order valence-electron chi connectivity index (χ3n) is 5.76. The van der Waals surface area contributed by atoms with Gasteiger partial charge in [0.2, 0.25) is 0 Å². The van der Waals surface area contributed by atoms with E-state index in [1.807, 2.05) is 24.3 Å². The highest BCUT2D eigenvalue weighted by molar-refractivity contribution is 6.02. The van der Waals surface area contributed by atoms with Crippen LogP contribution in [-0.2, 0) is 5.41 Å². The molecule has 3 atom stereocenters. The van der Waals surface area contributed by atoms with Crippen LogP contribution in [0.1, 0.15) is 52.1 Å². The smallest absolute Gasteiger partial charge is 0.254 e. The Kier molecular flexibility index (Phi) is 4.17. The summed E-state index contributed by atoms with van der Waals surface area (Å²) in [6.45, 7) is 4.64. The molecule has 140 valence electrons. The van der Waals surface area contributed by atoms with Gasteiger partial charge in [-0.05, 0) is 37.0 Å². The molecule has 1 aliphatic heterocycles. The van der Waals surface area contributed by atoms with Crippen molar-refractivity contribution in [2.45, 2.75) is 31.7 Å². The normalized spacial score (nSPS) is 25.3. The molecule has 2 N–H and O–H groups in total. The zero-order valence-corrected chi connectivity index (χ0v) is 15.8. The second kappa shape index (κ2) is 6.41. The Morgan fingerprint density at radius 2 is 1.85 bits per heavy atom. The van der Waals surface area contributed by atoms with Gasteiger partial charge in [-0.2, -0.15) is 0 Å². The van der Waals surface area contributed by atoms with E-state index in [-0.39, 0.29) is 17.9 Å². The average Bonchev–Trinajstić information content (AvgIpc) is 3.27. The van der Waals surface area contributed by atoms with Crippen LogP contribution in [0.4, 0.5) is 0 Å². The molecule has 5 nitrogen and oxygen atoms in total. The summed E-state index contributed by atoms with van der Waals surface area (Å²) in [7, 11) is 1.58. The van der Waals surface area contributed by atoms with Crippen LogP contribution in [0.5, 0.6) is 5.75 Å². The minimum atomic E-state index is -0.414. The van der Waals surface area contributed by atoms with Crippen molar-refractivity contribution in [2.24, 2.45) is 5.92 Å². The van der Waals surface area contributed by atoms with Crippen molar-refractivity contribution >= 4 is 11.8 Å². The molecular formula is C22H24N2O3. The van der Waals surface area contributed by atoms with E-state index in [1.165, 1.54) is 0 Å². The summed E-state index contributed by atoms with van der Waals surface area (Å²) < 4.78 is 5.98. The van der Waals surface area contributed by atoms with E-state index in [9.17, 15) is 9.59 Å². The van der Waals surface area contributed by atoms with E-state index in [2.05, 4.69) is 36.6 Å². The second-order valence-electron chi connectivity index (χ2n) is 7.76. The molecule has 2 amide bonds. The molecule has 4 rings (SSSR count). The van der Waals surface area contributed by atoms with E-state index < -0.39 is 5.41 Å². The molecule has 1 saturated carbocycles. The topological polar surface area (TPSA) is 67.4 Å². The standard InChI is InChI=1S/C22H24N2O3/c1-13-9-18(13)24-20(25)14-10-16(21(26)23-3)19-17(11-14)22(2,12-27-19)15-7-5-4-6-8-15/h4-8,10-11,13,18H,9,12H2,1-3H3,(H,23,26)(H,24,25)/t13-,18-,22?/m0/s1. The van der Waals surface area contributed by atoms with Gasteiger partial charge < -0.3 is 15.4 Å². The summed E-state index contributed by atoms with van der Waals surface area (Å²) in [6.07, 6.45) is 1.00. The maximum absolute atomic E-state index is 12.8. The van der Waals surface area contributed by atoms with Crippen molar-refractivity contribution in [3.05, 3.63) is 64.7 Å². The van der Waals surface area contributed by atoms with Gasteiger partial charge in [-0.25, -0.2) is 0 Å². The van der Waals surface area contributed by atoms with Gasteiger partial charge in [-0.3, -0.25) is 9.59 Å². The molecule has 27 heavy (non-hydrogen) atoms. The summed E-state index contributed by atoms with van der Waals surface area (Å²) in [6, 6.07) is 13.8. The molecule has 2 aliphatic rings. The Labute approximate surface area is 159 Å².